The highest BCUT2D eigenvalue weighted by atomic mass is 16.8. The van der Waals surface area contributed by atoms with Crippen molar-refractivity contribution in [3.63, 3.8) is 0 Å². The molecule has 6 rings (SSSR count). The molecule has 0 aliphatic carbocycles. The maximum atomic E-state index is 6.93. The van der Waals surface area contributed by atoms with Crippen molar-refractivity contribution in [1.29, 1.82) is 0 Å². The molecule has 4 fully saturated rings. The standard InChI is InChI=1S/C52H84N2O8/c1-13-47(9)37-51(41(7)49(11,15-3)53(47)61-39(5)43-25-19-17-20-26-43)57-35-45(59-51)29-33-55-31-23-24-32-56-34-30-46-36-58-52(60-46)38-48(10,14-2)54(50(12,16-4)42(52)8)62-40(6)44-27-21-18-22-28-44/h17-22,25-28,39-42,45-46H,13-16,23-24,29-38H2,1-12H3. The number of piperidine rings is 2. The van der Waals surface area contributed by atoms with E-state index in [-0.39, 0.29) is 58.4 Å². The predicted octanol–water partition coefficient (Wildman–Crippen LogP) is 11.5. The molecular weight excluding hydrogens is 781 g/mol. The first-order valence-corrected chi connectivity index (χ1v) is 24.4. The molecule has 0 amide bonds. The summed E-state index contributed by atoms with van der Waals surface area (Å²) in [7, 11) is 0. The molecule has 10 heteroatoms. The van der Waals surface area contributed by atoms with Crippen molar-refractivity contribution in [2.75, 3.05) is 39.6 Å². The average molecular weight is 865 g/mol. The number of unbranched alkanes of at least 4 members (excludes halogenated alkanes) is 1. The van der Waals surface area contributed by atoms with Gasteiger partial charge in [-0.2, -0.15) is 10.1 Å². The van der Waals surface area contributed by atoms with Crippen molar-refractivity contribution < 1.29 is 38.1 Å². The Balaban J connectivity index is 0.894. The minimum absolute atomic E-state index is 0.0123. The van der Waals surface area contributed by atoms with E-state index in [1.54, 1.807) is 0 Å². The Morgan fingerprint density at radius 3 is 1.27 bits per heavy atom. The van der Waals surface area contributed by atoms with Gasteiger partial charge in [-0.3, -0.25) is 9.68 Å². The van der Waals surface area contributed by atoms with Crippen molar-refractivity contribution in [3.05, 3.63) is 71.8 Å². The molecule has 62 heavy (non-hydrogen) atoms. The zero-order valence-corrected chi connectivity index (χ0v) is 40.7. The molecule has 0 N–H and O–H groups in total. The first-order valence-electron chi connectivity index (χ1n) is 24.4. The topological polar surface area (TPSA) is 80.3 Å². The van der Waals surface area contributed by atoms with E-state index in [1.165, 1.54) is 11.1 Å². The van der Waals surface area contributed by atoms with Crippen molar-refractivity contribution in [3.8, 4) is 0 Å². The molecule has 12 unspecified atom stereocenters. The van der Waals surface area contributed by atoms with E-state index in [1.807, 2.05) is 0 Å². The van der Waals surface area contributed by atoms with E-state index in [0.29, 0.717) is 39.6 Å². The third kappa shape index (κ3) is 10.1. The SMILES string of the molecule is CCC1(C)CC2(OCC(CCOCCCCOCCC3COC4(CC(C)(CC)N(OC(C)c5ccccc5)C(C)(CC)C4C)O3)O2)C(C)C(C)(CC)N1OC(C)c1ccccc1. The van der Waals surface area contributed by atoms with E-state index in [2.05, 4.69) is 154 Å². The summed E-state index contributed by atoms with van der Waals surface area (Å²) in [6.07, 6.45) is 8.65. The normalized spacial score (nSPS) is 37.7. The average Bonchev–Trinajstić information content (AvgIpc) is 3.90. The van der Waals surface area contributed by atoms with Crippen LogP contribution in [0.4, 0.5) is 0 Å². The Morgan fingerprint density at radius 2 is 0.935 bits per heavy atom. The summed E-state index contributed by atoms with van der Waals surface area (Å²) >= 11 is 0. The number of hydrogen-bond donors (Lipinski definition) is 0. The van der Waals surface area contributed by atoms with Gasteiger partial charge in [0.15, 0.2) is 11.6 Å². The van der Waals surface area contributed by atoms with E-state index in [0.717, 1.165) is 64.2 Å². The number of nitrogens with zero attached hydrogens (tertiary/aromatic N) is 2. The van der Waals surface area contributed by atoms with Gasteiger partial charge in [-0.05, 0) is 104 Å². The lowest BCUT2D eigenvalue weighted by Gasteiger charge is -2.62. The maximum absolute atomic E-state index is 6.93. The molecule has 12 atom stereocenters. The van der Waals surface area contributed by atoms with Crippen LogP contribution in [0.5, 0.6) is 0 Å². The van der Waals surface area contributed by atoms with Gasteiger partial charge >= 0.3 is 0 Å². The molecule has 0 saturated carbocycles. The molecule has 10 nitrogen and oxygen atoms in total. The second-order valence-corrected chi connectivity index (χ2v) is 20.1. The lowest BCUT2D eigenvalue weighted by atomic mass is 9.67. The van der Waals surface area contributed by atoms with Gasteiger partial charge in [-0.25, -0.2) is 0 Å². The fourth-order valence-electron chi connectivity index (χ4n) is 11.0. The number of rotatable bonds is 21. The number of benzene rings is 2. The van der Waals surface area contributed by atoms with Gasteiger partial charge in [0.1, 0.15) is 12.2 Å². The predicted molar refractivity (Wildman–Crippen MR) is 245 cm³/mol. The van der Waals surface area contributed by atoms with Crippen LogP contribution in [-0.4, -0.2) is 95.7 Å². The number of ether oxygens (including phenoxy) is 6. The Labute approximate surface area is 375 Å². The molecule has 4 heterocycles. The molecule has 350 valence electrons. The largest absolute Gasteiger partial charge is 0.381 e. The van der Waals surface area contributed by atoms with Crippen LogP contribution >= 0.6 is 0 Å². The Morgan fingerprint density at radius 1 is 0.565 bits per heavy atom. The molecule has 2 spiro atoms. The molecule has 4 aliphatic heterocycles. The first-order chi connectivity index (χ1) is 29.6. The lowest BCUT2D eigenvalue weighted by molar-refractivity contribution is -0.380. The molecule has 0 aromatic heterocycles. The van der Waals surface area contributed by atoms with Crippen LogP contribution in [0.25, 0.3) is 0 Å². The van der Waals surface area contributed by atoms with Gasteiger partial charge in [0.05, 0.1) is 36.5 Å². The molecule has 2 aromatic carbocycles. The molecule has 0 bridgehead atoms. The van der Waals surface area contributed by atoms with Crippen molar-refractivity contribution in [2.24, 2.45) is 11.8 Å². The summed E-state index contributed by atoms with van der Waals surface area (Å²) < 4.78 is 39.5. The monoisotopic (exact) mass is 865 g/mol. The van der Waals surface area contributed by atoms with Gasteiger partial charge in [0, 0.05) is 62.2 Å². The quantitative estimate of drug-likeness (QED) is 0.113. The van der Waals surface area contributed by atoms with Gasteiger partial charge in [0.25, 0.3) is 0 Å². The highest BCUT2D eigenvalue weighted by Gasteiger charge is 2.65. The molecule has 2 aromatic rings. The fourth-order valence-corrected chi connectivity index (χ4v) is 11.0. The van der Waals surface area contributed by atoms with Gasteiger partial charge < -0.3 is 28.4 Å². The van der Waals surface area contributed by atoms with Gasteiger partial charge in [-0.15, -0.1) is 0 Å². The van der Waals surface area contributed by atoms with E-state index in [4.69, 9.17) is 38.1 Å². The molecule has 0 radical (unpaired) electrons. The Kier molecular flexibility index (Phi) is 16.5. The van der Waals surface area contributed by atoms with Crippen LogP contribution in [-0.2, 0) is 38.1 Å². The maximum Gasteiger partial charge on any atom is 0.175 e. The van der Waals surface area contributed by atoms with Gasteiger partial charge in [-0.1, -0.05) is 102 Å². The molecule has 4 saturated heterocycles. The van der Waals surface area contributed by atoms with E-state index >= 15 is 0 Å². The highest BCUT2D eigenvalue weighted by Crippen LogP contribution is 2.56. The van der Waals surface area contributed by atoms with Crippen molar-refractivity contribution in [1.82, 2.24) is 10.1 Å². The number of hydroxylamine groups is 4. The van der Waals surface area contributed by atoms with E-state index < -0.39 is 11.6 Å². The summed E-state index contributed by atoms with van der Waals surface area (Å²) in [5, 5.41) is 4.62. The van der Waals surface area contributed by atoms with Crippen LogP contribution in [0.15, 0.2) is 60.7 Å². The number of hydrogen-bond acceptors (Lipinski definition) is 10. The highest BCUT2D eigenvalue weighted by molar-refractivity contribution is 5.19. The fraction of sp³-hybridized carbons (Fsp3) is 0.769. The third-order valence-corrected chi connectivity index (χ3v) is 16.1. The minimum atomic E-state index is -0.651. The van der Waals surface area contributed by atoms with Crippen molar-refractivity contribution >= 4 is 0 Å². The Hall–Kier alpha value is -1.96. The zero-order chi connectivity index (χ0) is 44.8. The third-order valence-electron chi connectivity index (χ3n) is 16.1. The van der Waals surface area contributed by atoms with E-state index in [9.17, 15) is 0 Å². The minimum Gasteiger partial charge on any atom is -0.381 e. The summed E-state index contributed by atoms with van der Waals surface area (Å²) in [5.74, 6) is -1.09. The summed E-state index contributed by atoms with van der Waals surface area (Å²) in [6, 6.07) is 21.0. The molecule has 4 aliphatic rings. The van der Waals surface area contributed by atoms with Crippen LogP contribution in [0, 0.1) is 11.8 Å². The second kappa shape index (κ2) is 20.7. The van der Waals surface area contributed by atoms with Gasteiger partial charge in [0.2, 0.25) is 0 Å². The van der Waals surface area contributed by atoms with Crippen LogP contribution < -0.4 is 0 Å². The Bertz CT molecular complexity index is 1550. The molecular formula is C52H84N2O8. The lowest BCUT2D eigenvalue weighted by Crippen LogP contribution is -2.71. The smallest absolute Gasteiger partial charge is 0.175 e. The van der Waals surface area contributed by atoms with Crippen LogP contribution in [0.3, 0.4) is 0 Å². The first kappa shape index (κ1) is 49.5. The summed E-state index contributed by atoms with van der Waals surface area (Å²) in [4.78, 5) is 13.8. The zero-order valence-electron chi connectivity index (χ0n) is 40.7. The van der Waals surface area contributed by atoms with Crippen LogP contribution in [0.1, 0.15) is 171 Å². The second-order valence-electron chi connectivity index (χ2n) is 20.1. The summed E-state index contributed by atoms with van der Waals surface area (Å²) in [5.41, 5.74) is 1.30. The van der Waals surface area contributed by atoms with Crippen LogP contribution in [0.2, 0.25) is 0 Å². The summed E-state index contributed by atoms with van der Waals surface area (Å²) in [6.45, 7) is 31.1. The van der Waals surface area contributed by atoms with Crippen molar-refractivity contribution in [2.45, 2.75) is 205 Å².